The lowest BCUT2D eigenvalue weighted by molar-refractivity contribution is -0.110. The van der Waals surface area contributed by atoms with Crippen molar-refractivity contribution in [1.82, 2.24) is 0 Å². The maximum Gasteiger partial charge on any atom is 0.197 e. The van der Waals surface area contributed by atoms with Crippen molar-refractivity contribution in [2.45, 2.75) is 17.9 Å². The van der Waals surface area contributed by atoms with E-state index in [0.717, 1.165) is 10.5 Å². The molecule has 2 rings (SSSR count). The Morgan fingerprint density at radius 2 is 1.62 bits per heavy atom. The van der Waals surface area contributed by atoms with E-state index in [1.54, 1.807) is 0 Å². The zero-order valence-corrected chi connectivity index (χ0v) is 12.6. The molecule has 0 aliphatic rings. The summed E-state index contributed by atoms with van der Waals surface area (Å²) in [5.41, 5.74) is 1.15. The molecule has 2 nitrogen and oxygen atoms in total. The SMILES string of the molecule is O=C(C/C=C/COCc1ccccc1)Sc1ccccc1. The molecule has 0 saturated carbocycles. The van der Waals surface area contributed by atoms with E-state index in [0.29, 0.717) is 19.6 Å². The van der Waals surface area contributed by atoms with Crippen LogP contribution < -0.4 is 0 Å². The molecule has 2 aromatic carbocycles. The van der Waals surface area contributed by atoms with Crippen LogP contribution in [0.25, 0.3) is 0 Å². The second kappa shape index (κ2) is 9.16. The van der Waals surface area contributed by atoms with Gasteiger partial charge in [0.05, 0.1) is 13.2 Å². The Labute approximate surface area is 129 Å². The van der Waals surface area contributed by atoms with Gasteiger partial charge >= 0.3 is 0 Å². The summed E-state index contributed by atoms with van der Waals surface area (Å²) in [6.45, 7) is 1.12. The van der Waals surface area contributed by atoms with Gasteiger partial charge in [-0.05, 0) is 17.7 Å². The minimum absolute atomic E-state index is 0.139. The highest BCUT2D eigenvalue weighted by molar-refractivity contribution is 8.13. The molecule has 0 heterocycles. The van der Waals surface area contributed by atoms with Crippen LogP contribution in [0, 0.1) is 0 Å². The Balaban J connectivity index is 1.61. The van der Waals surface area contributed by atoms with E-state index in [2.05, 4.69) is 0 Å². The van der Waals surface area contributed by atoms with Crippen LogP contribution in [0.4, 0.5) is 0 Å². The maximum atomic E-state index is 11.7. The van der Waals surface area contributed by atoms with Gasteiger partial charge < -0.3 is 4.74 Å². The molecule has 2 aromatic rings. The van der Waals surface area contributed by atoms with Crippen molar-refractivity contribution in [2.75, 3.05) is 6.61 Å². The van der Waals surface area contributed by atoms with Crippen LogP contribution in [-0.4, -0.2) is 11.7 Å². The van der Waals surface area contributed by atoms with Crippen LogP contribution in [0.15, 0.2) is 77.7 Å². The van der Waals surface area contributed by atoms with Crippen molar-refractivity contribution in [2.24, 2.45) is 0 Å². The number of hydrogen-bond acceptors (Lipinski definition) is 3. The van der Waals surface area contributed by atoms with E-state index in [9.17, 15) is 4.79 Å². The van der Waals surface area contributed by atoms with Gasteiger partial charge in [-0.15, -0.1) is 0 Å². The average Bonchev–Trinajstić information content (AvgIpc) is 2.53. The fourth-order valence-corrected chi connectivity index (χ4v) is 2.46. The van der Waals surface area contributed by atoms with Crippen molar-refractivity contribution in [3.8, 4) is 0 Å². The molecule has 0 bridgehead atoms. The fourth-order valence-electron chi connectivity index (χ4n) is 1.73. The Bertz CT molecular complexity index is 564. The minimum Gasteiger partial charge on any atom is -0.373 e. The predicted molar refractivity (Wildman–Crippen MR) is 87.2 cm³/mol. The predicted octanol–water partition coefficient (Wildman–Crippen LogP) is 4.47. The van der Waals surface area contributed by atoms with Crippen LogP contribution in [0.5, 0.6) is 0 Å². The highest BCUT2D eigenvalue weighted by atomic mass is 32.2. The summed E-state index contributed by atoms with van der Waals surface area (Å²) in [5.74, 6) is 0. The van der Waals surface area contributed by atoms with Crippen molar-refractivity contribution in [1.29, 1.82) is 0 Å². The van der Waals surface area contributed by atoms with Gasteiger partial charge in [0.25, 0.3) is 0 Å². The summed E-state index contributed by atoms with van der Waals surface area (Å²) in [7, 11) is 0. The van der Waals surface area contributed by atoms with Crippen molar-refractivity contribution < 1.29 is 9.53 Å². The van der Waals surface area contributed by atoms with Crippen LogP contribution in [-0.2, 0) is 16.1 Å². The highest BCUT2D eigenvalue weighted by Gasteiger charge is 2.01. The first-order chi connectivity index (χ1) is 10.3. The smallest absolute Gasteiger partial charge is 0.197 e. The molecular weight excluding hydrogens is 280 g/mol. The van der Waals surface area contributed by atoms with E-state index in [1.165, 1.54) is 11.8 Å². The number of hydrogen-bond donors (Lipinski definition) is 0. The van der Waals surface area contributed by atoms with Crippen LogP contribution in [0.1, 0.15) is 12.0 Å². The summed E-state index contributed by atoms with van der Waals surface area (Å²) in [4.78, 5) is 12.7. The van der Waals surface area contributed by atoms with E-state index >= 15 is 0 Å². The first-order valence-electron chi connectivity index (χ1n) is 6.87. The number of rotatable bonds is 7. The average molecular weight is 298 g/mol. The van der Waals surface area contributed by atoms with Gasteiger partial charge in [-0.2, -0.15) is 0 Å². The third-order valence-corrected chi connectivity index (χ3v) is 3.65. The molecule has 0 radical (unpaired) electrons. The van der Waals surface area contributed by atoms with Gasteiger partial charge in [-0.3, -0.25) is 4.79 Å². The molecule has 0 aliphatic heterocycles. The number of thioether (sulfide) groups is 1. The standard InChI is InChI=1S/C18H18O2S/c19-18(21-17-11-5-2-6-12-17)13-7-8-14-20-15-16-9-3-1-4-10-16/h1-12H,13-15H2/b8-7+. The topological polar surface area (TPSA) is 26.3 Å². The number of carbonyl (C=O) groups is 1. The third-order valence-electron chi connectivity index (χ3n) is 2.75. The molecule has 0 aliphatic carbocycles. The van der Waals surface area contributed by atoms with Gasteiger partial charge in [-0.1, -0.05) is 72.4 Å². The molecule has 0 unspecified atom stereocenters. The lowest BCUT2D eigenvalue weighted by Gasteiger charge is -2.00. The lowest BCUT2D eigenvalue weighted by atomic mass is 10.2. The Kier molecular flexibility index (Phi) is 6.78. The van der Waals surface area contributed by atoms with E-state index in [-0.39, 0.29) is 5.12 Å². The number of allylic oxidation sites excluding steroid dienone is 1. The molecule has 3 heteroatoms. The van der Waals surface area contributed by atoms with Crippen molar-refractivity contribution in [3.05, 3.63) is 78.4 Å². The molecule has 0 atom stereocenters. The second-order valence-corrected chi connectivity index (χ2v) is 5.59. The zero-order valence-electron chi connectivity index (χ0n) is 11.8. The molecule has 0 amide bonds. The first-order valence-corrected chi connectivity index (χ1v) is 7.68. The molecule has 108 valence electrons. The number of benzene rings is 2. The summed E-state index contributed by atoms with van der Waals surface area (Å²) < 4.78 is 5.51. The second-order valence-electron chi connectivity index (χ2n) is 4.46. The van der Waals surface area contributed by atoms with Crippen LogP contribution in [0.3, 0.4) is 0 Å². The Morgan fingerprint density at radius 1 is 0.952 bits per heavy atom. The number of carbonyl (C=O) groups excluding carboxylic acids is 1. The maximum absolute atomic E-state index is 11.7. The molecule has 0 N–H and O–H groups in total. The molecule has 0 spiro atoms. The van der Waals surface area contributed by atoms with Gasteiger partial charge in [0.2, 0.25) is 0 Å². The van der Waals surface area contributed by atoms with Gasteiger partial charge in [0.15, 0.2) is 5.12 Å². The molecule has 0 aromatic heterocycles. The van der Waals surface area contributed by atoms with Crippen LogP contribution in [0.2, 0.25) is 0 Å². The summed E-state index contributed by atoms with van der Waals surface area (Å²) in [6.07, 6.45) is 4.18. The van der Waals surface area contributed by atoms with Crippen LogP contribution >= 0.6 is 11.8 Å². The van der Waals surface area contributed by atoms with E-state index in [1.807, 2.05) is 72.8 Å². The summed E-state index contributed by atoms with van der Waals surface area (Å²) in [6, 6.07) is 19.7. The quantitative estimate of drug-likeness (QED) is 0.428. The van der Waals surface area contributed by atoms with Crippen molar-refractivity contribution in [3.63, 3.8) is 0 Å². The first kappa shape index (κ1) is 15.5. The van der Waals surface area contributed by atoms with Gasteiger partial charge in [0.1, 0.15) is 0 Å². The van der Waals surface area contributed by atoms with E-state index in [4.69, 9.17) is 4.74 Å². The lowest BCUT2D eigenvalue weighted by Crippen LogP contribution is -1.93. The van der Waals surface area contributed by atoms with Crippen molar-refractivity contribution >= 4 is 16.9 Å². The molecule has 21 heavy (non-hydrogen) atoms. The van der Waals surface area contributed by atoms with Gasteiger partial charge in [0, 0.05) is 11.3 Å². The van der Waals surface area contributed by atoms with Gasteiger partial charge in [-0.25, -0.2) is 0 Å². The minimum atomic E-state index is 0.139. The molecule has 0 fully saturated rings. The summed E-state index contributed by atoms with van der Waals surface area (Å²) in [5, 5.41) is 0.139. The summed E-state index contributed by atoms with van der Waals surface area (Å²) >= 11 is 1.27. The molecular formula is C18H18O2S. The van der Waals surface area contributed by atoms with E-state index < -0.39 is 0 Å². The third kappa shape index (κ3) is 6.43. The zero-order chi connectivity index (χ0) is 14.8. The Hall–Kier alpha value is -1.84. The fraction of sp³-hybridized carbons (Fsp3) is 0.167. The monoisotopic (exact) mass is 298 g/mol. The highest BCUT2D eigenvalue weighted by Crippen LogP contribution is 2.19. The Morgan fingerprint density at radius 3 is 2.33 bits per heavy atom. The molecule has 0 saturated heterocycles. The largest absolute Gasteiger partial charge is 0.373 e. The normalized spacial score (nSPS) is 10.9. The number of ether oxygens (including phenoxy) is 1.